The van der Waals surface area contributed by atoms with Crippen molar-refractivity contribution in [2.24, 2.45) is 5.73 Å². The highest BCUT2D eigenvalue weighted by Gasteiger charge is 2.15. The third-order valence-electron chi connectivity index (χ3n) is 3.05. The molecule has 0 radical (unpaired) electrons. The third kappa shape index (κ3) is 2.41. The number of halogens is 2. The van der Waals surface area contributed by atoms with Crippen LogP contribution in [0.2, 0.25) is 5.02 Å². The van der Waals surface area contributed by atoms with Crippen LogP contribution in [-0.2, 0) is 0 Å². The second kappa shape index (κ2) is 5.00. The van der Waals surface area contributed by atoms with Gasteiger partial charge in [0.1, 0.15) is 11.3 Å². The first-order chi connectivity index (χ1) is 9.15. The van der Waals surface area contributed by atoms with Crippen LogP contribution in [-0.4, -0.2) is 0 Å². The average Bonchev–Trinajstić information content (AvgIpc) is 2.85. The monoisotopic (exact) mass is 335 g/mol. The maximum atomic E-state index is 6.23. The van der Waals surface area contributed by atoms with E-state index in [1.165, 1.54) is 0 Å². The number of hydrogen-bond donors (Lipinski definition) is 1. The van der Waals surface area contributed by atoms with E-state index in [-0.39, 0.29) is 6.04 Å². The van der Waals surface area contributed by atoms with E-state index in [2.05, 4.69) is 15.9 Å². The summed E-state index contributed by atoms with van der Waals surface area (Å²) in [7, 11) is 0. The first-order valence-corrected chi connectivity index (χ1v) is 7.01. The number of furan rings is 1. The number of hydrogen-bond acceptors (Lipinski definition) is 2. The Morgan fingerprint density at radius 1 is 1.11 bits per heavy atom. The van der Waals surface area contributed by atoms with Gasteiger partial charge in [-0.05, 0) is 45.8 Å². The van der Waals surface area contributed by atoms with E-state index < -0.39 is 0 Å². The predicted molar refractivity (Wildman–Crippen MR) is 81.4 cm³/mol. The van der Waals surface area contributed by atoms with Crippen molar-refractivity contribution in [1.29, 1.82) is 0 Å². The second-order valence-corrected chi connectivity index (χ2v) is 5.60. The van der Waals surface area contributed by atoms with Gasteiger partial charge in [-0.25, -0.2) is 0 Å². The molecular formula is C15H11BrClNO. The van der Waals surface area contributed by atoms with Crippen LogP contribution in [0.5, 0.6) is 0 Å². The molecule has 0 bridgehead atoms. The molecule has 2 aromatic carbocycles. The Balaban J connectivity index is 2.02. The summed E-state index contributed by atoms with van der Waals surface area (Å²) in [5.74, 6) is 0.736. The van der Waals surface area contributed by atoms with Crippen LogP contribution in [0, 0.1) is 0 Å². The van der Waals surface area contributed by atoms with Crippen LogP contribution >= 0.6 is 27.5 Å². The highest BCUT2D eigenvalue weighted by Crippen LogP contribution is 2.30. The molecule has 1 aromatic heterocycles. The van der Waals surface area contributed by atoms with Crippen molar-refractivity contribution in [3.05, 3.63) is 69.3 Å². The lowest BCUT2D eigenvalue weighted by Gasteiger charge is -2.10. The van der Waals surface area contributed by atoms with Gasteiger partial charge in [0.2, 0.25) is 0 Å². The maximum Gasteiger partial charge on any atom is 0.134 e. The summed E-state index contributed by atoms with van der Waals surface area (Å²) >= 11 is 9.46. The Hall–Kier alpha value is -1.29. The van der Waals surface area contributed by atoms with E-state index in [1.807, 2.05) is 48.5 Å². The van der Waals surface area contributed by atoms with E-state index in [0.717, 1.165) is 26.8 Å². The van der Waals surface area contributed by atoms with E-state index in [0.29, 0.717) is 5.02 Å². The summed E-state index contributed by atoms with van der Waals surface area (Å²) in [6, 6.07) is 15.2. The molecule has 0 saturated heterocycles. The number of para-hydroxylation sites is 1. The number of nitrogens with two attached hydrogens (primary N) is 1. The van der Waals surface area contributed by atoms with Crippen molar-refractivity contribution in [3.8, 4) is 0 Å². The minimum atomic E-state index is -0.321. The van der Waals surface area contributed by atoms with Gasteiger partial charge in [0.25, 0.3) is 0 Å². The standard InChI is InChI=1S/C15H11BrClNO/c16-11-6-5-10(7-12(11)17)15(18)14-8-9-3-1-2-4-13(9)19-14/h1-8,15H,18H2. The maximum absolute atomic E-state index is 6.23. The minimum absolute atomic E-state index is 0.321. The zero-order valence-corrected chi connectivity index (χ0v) is 12.3. The van der Waals surface area contributed by atoms with E-state index in [1.54, 1.807) is 0 Å². The van der Waals surface area contributed by atoms with Crippen LogP contribution in [0.1, 0.15) is 17.4 Å². The summed E-state index contributed by atoms with van der Waals surface area (Å²) < 4.78 is 6.63. The first-order valence-electron chi connectivity index (χ1n) is 5.84. The van der Waals surface area contributed by atoms with Crippen LogP contribution in [0.4, 0.5) is 0 Å². The predicted octanol–water partition coefficient (Wildman–Crippen LogP) is 4.90. The first kappa shape index (κ1) is 12.7. The summed E-state index contributed by atoms with van der Waals surface area (Å²) in [4.78, 5) is 0. The normalized spacial score (nSPS) is 12.8. The molecule has 1 unspecified atom stereocenters. The molecule has 0 saturated carbocycles. The second-order valence-electron chi connectivity index (χ2n) is 4.34. The summed E-state index contributed by atoms with van der Waals surface area (Å²) in [5.41, 5.74) is 8.00. The van der Waals surface area contributed by atoms with Gasteiger partial charge >= 0.3 is 0 Å². The average molecular weight is 337 g/mol. The molecule has 1 atom stereocenters. The molecular weight excluding hydrogens is 326 g/mol. The van der Waals surface area contributed by atoms with E-state index in [9.17, 15) is 0 Å². The molecule has 0 spiro atoms. The lowest BCUT2D eigenvalue weighted by Crippen LogP contribution is -2.10. The van der Waals surface area contributed by atoms with E-state index in [4.69, 9.17) is 21.8 Å². The molecule has 2 N–H and O–H groups in total. The van der Waals surface area contributed by atoms with Crippen LogP contribution in [0.3, 0.4) is 0 Å². The van der Waals surface area contributed by atoms with Crippen molar-refractivity contribution in [2.75, 3.05) is 0 Å². The molecule has 3 rings (SSSR count). The highest BCUT2D eigenvalue weighted by molar-refractivity contribution is 9.10. The zero-order valence-electron chi connectivity index (χ0n) is 9.94. The fourth-order valence-electron chi connectivity index (χ4n) is 2.03. The number of rotatable bonds is 2. The summed E-state index contributed by atoms with van der Waals surface area (Å²) in [5, 5.41) is 1.69. The molecule has 96 valence electrons. The van der Waals surface area contributed by atoms with Crippen molar-refractivity contribution in [2.45, 2.75) is 6.04 Å². The van der Waals surface area contributed by atoms with Crippen molar-refractivity contribution in [3.63, 3.8) is 0 Å². The van der Waals surface area contributed by atoms with Crippen molar-refractivity contribution >= 4 is 38.5 Å². The summed E-state index contributed by atoms with van der Waals surface area (Å²) in [6.45, 7) is 0. The number of benzene rings is 2. The largest absolute Gasteiger partial charge is 0.459 e. The van der Waals surface area contributed by atoms with Crippen LogP contribution in [0.25, 0.3) is 11.0 Å². The minimum Gasteiger partial charge on any atom is -0.459 e. The lowest BCUT2D eigenvalue weighted by atomic mass is 10.1. The molecule has 1 heterocycles. The Bertz CT molecular complexity index is 705. The van der Waals surface area contributed by atoms with Gasteiger partial charge in [-0.2, -0.15) is 0 Å². The van der Waals surface area contributed by atoms with Gasteiger partial charge in [0, 0.05) is 9.86 Å². The van der Waals surface area contributed by atoms with Gasteiger partial charge < -0.3 is 10.2 Å². The zero-order chi connectivity index (χ0) is 13.4. The van der Waals surface area contributed by atoms with Crippen LogP contribution in [0.15, 0.2) is 57.4 Å². The van der Waals surface area contributed by atoms with Gasteiger partial charge in [-0.1, -0.05) is 35.9 Å². The molecule has 4 heteroatoms. The summed E-state index contributed by atoms with van der Waals surface area (Å²) in [6.07, 6.45) is 0. The molecule has 2 nitrogen and oxygen atoms in total. The van der Waals surface area contributed by atoms with Gasteiger partial charge in [-0.15, -0.1) is 0 Å². The van der Waals surface area contributed by atoms with Gasteiger partial charge in [-0.3, -0.25) is 0 Å². The fourth-order valence-corrected chi connectivity index (χ4v) is 2.46. The third-order valence-corrected chi connectivity index (χ3v) is 4.29. The van der Waals surface area contributed by atoms with Crippen molar-refractivity contribution in [1.82, 2.24) is 0 Å². The van der Waals surface area contributed by atoms with E-state index >= 15 is 0 Å². The Morgan fingerprint density at radius 2 is 1.89 bits per heavy atom. The molecule has 19 heavy (non-hydrogen) atoms. The highest BCUT2D eigenvalue weighted by atomic mass is 79.9. The van der Waals surface area contributed by atoms with Gasteiger partial charge in [0.15, 0.2) is 0 Å². The molecule has 0 aliphatic heterocycles. The quantitative estimate of drug-likeness (QED) is 0.723. The molecule has 0 amide bonds. The molecule has 3 aromatic rings. The lowest BCUT2D eigenvalue weighted by molar-refractivity contribution is 0.525. The Morgan fingerprint density at radius 3 is 2.63 bits per heavy atom. The topological polar surface area (TPSA) is 39.2 Å². The van der Waals surface area contributed by atoms with Crippen LogP contribution < -0.4 is 5.73 Å². The fraction of sp³-hybridized carbons (Fsp3) is 0.0667. The Labute approximate surface area is 124 Å². The SMILES string of the molecule is NC(c1ccc(Br)c(Cl)c1)c1cc2ccccc2o1. The van der Waals surface area contributed by atoms with Gasteiger partial charge in [0.05, 0.1) is 11.1 Å². The molecule has 0 fully saturated rings. The van der Waals surface area contributed by atoms with Crippen molar-refractivity contribution < 1.29 is 4.42 Å². The number of fused-ring (bicyclic) bond motifs is 1. The molecule has 0 aliphatic carbocycles. The smallest absolute Gasteiger partial charge is 0.134 e. The Kier molecular flexibility index (Phi) is 3.35. The molecule has 0 aliphatic rings.